The lowest BCUT2D eigenvalue weighted by molar-refractivity contribution is 0.0600. The zero-order valence-electron chi connectivity index (χ0n) is 18.6. The fraction of sp³-hybridized carbons (Fsp3) is 0.0870. The van der Waals surface area contributed by atoms with Gasteiger partial charge in [-0.05, 0) is 42.0 Å². The first kappa shape index (κ1) is 25.5. The zero-order valence-corrected chi connectivity index (χ0v) is 20.9. The Bertz CT molecular complexity index is 1650. The highest BCUT2D eigenvalue weighted by atomic mass is 35.5. The molecule has 3 N–H and O–H groups in total. The largest absolute Gasteiger partial charge is 0.465 e. The Morgan fingerprint density at radius 1 is 0.944 bits per heavy atom. The van der Waals surface area contributed by atoms with Crippen molar-refractivity contribution < 1.29 is 35.9 Å². The highest BCUT2D eigenvalue weighted by Gasteiger charge is 2.25. The van der Waals surface area contributed by atoms with Gasteiger partial charge in [-0.3, -0.25) is 9.44 Å². The molecule has 1 heterocycles. The Kier molecular flexibility index (Phi) is 6.96. The number of ether oxygens (including phenoxy) is 1. The molecule has 10 nitrogen and oxygen atoms in total. The first-order valence-electron chi connectivity index (χ1n) is 10.2. The molecule has 0 aliphatic carbocycles. The predicted octanol–water partition coefficient (Wildman–Crippen LogP) is 3.97. The average molecular weight is 551 g/mol. The van der Waals surface area contributed by atoms with E-state index in [0.29, 0.717) is 11.0 Å². The van der Waals surface area contributed by atoms with Crippen molar-refractivity contribution >= 4 is 60.0 Å². The molecule has 3 aromatic carbocycles. The topological polar surface area (TPSA) is 152 Å². The third-order valence-electron chi connectivity index (χ3n) is 5.09. The van der Waals surface area contributed by atoms with E-state index in [-0.39, 0.29) is 32.6 Å². The smallest absolute Gasteiger partial charge is 0.337 e. The number of halogens is 1. The van der Waals surface area contributed by atoms with Gasteiger partial charge < -0.3 is 14.3 Å². The lowest BCUT2D eigenvalue weighted by atomic mass is 10.1. The molecule has 0 aliphatic heterocycles. The molecule has 0 radical (unpaired) electrons. The molecule has 0 aliphatic rings. The molecule has 0 saturated carbocycles. The van der Waals surface area contributed by atoms with Crippen LogP contribution in [0.3, 0.4) is 0 Å². The number of hydrogen-bond donors (Lipinski definition) is 3. The first-order chi connectivity index (χ1) is 17.0. The molecule has 0 fully saturated rings. The Balaban J connectivity index is 1.72. The van der Waals surface area contributed by atoms with Crippen molar-refractivity contribution in [1.82, 2.24) is 0 Å². The molecule has 0 atom stereocenters. The summed E-state index contributed by atoms with van der Waals surface area (Å²) in [5, 5.41) is 9.94. The number of furan rings is 1. The second-order valence-electron chi connectivity index (χ2n) is 7.48. The number of nitrogens with one attached hydrogen (secondary N) is 2. The van der Waals surface area contributed by atoms with Gasteiger partial charge in [0.25, 0.3) is 20.0 Å². The quantitative estimate of drug-likeness (QED) is 0.279. The van der Waals surface area contributed by atoms with Crippen LogP contribution in [-0.2, 0) is 31.4 Å². The average Bonchev–Trinajstić information content (AvgIpc) is 3.30. The standard InChI is InChI=1S/C23H19ClN2O8S2/c1-33-23(28)15-6-7-16(13-27)21(10-15)35(29,30)25-18-9-8-17(24)12-19(18)26-36(31,32)22-11-14-4-2-3-5-20(14)34-22/h2-12,25-27H,13H2,1H3. The van der Waals surface area contributed by atoms with E-state index in [2.05, 4.69) is 14.2 Å². The third kappa shape index (κ3) is 5.16. The number of esters is 1. The van der Waals surface area contributed by atoms with Crippen LogP contribution in [0.2, 0.25) is 5.02 Å². The number of benzene rings is 3. The molecule has 4 rings (SSSR count). The number of carbonyl (C=O) groups excluding carboxylic acids is 1. The highest BCUT2D eigenvalue weighted by Crippen LogP contribution is 2.32. The summed E-state index contributed by atoms with van der Waals surface area (Å²) < 4.78 is 67.1. The summed E-state index contributed by atoms with van der Waals surface area (Å²) in [5.41, 5.74) is -0.0370. The Morgan fingerprint density at radius 2 is 1.67 bits per heavy atom. The van der Waals surface area contributed by atoms with Crippen LogP contribution in [0.1, 0.15) is 15.9 Å². The number of sulfonamides is 2. The summed E-state index contributed by atoms with van der Waals surface area (Å²) in [6.07, 6.45) is 0. The van der Waals surface area contributed by atoms with Crippen LogP contribution >= 0.6 is 11.6 Å². The van der Waals surface area contributed by atoms with Gasteiger partial charge in [0, 0.05) is 16.5 Å². The molecule has 0 bridgehead atoms. The van der Waals surface area contributed by atoms with E-state index < -0.39 is 37.5 Å². The number of anilines is 2. The summed E-state index contributed by atoms with van der Waals surface area (Å²) >= 11 is 6.04. The van der Waals surface area contributed by atoms with Crippen LogP contribution in [-0.4, -0.2) is 35.0 Å². The number of methoxy groups -OCH3 is 1. The molecule has 13 heteroatoms. The second-order valence-corrected chi connectivity index (χ2v) is 11.2. The lowest BCUT2D eigenvalue weighted by Crippen LogP contribution is -2.19. The molecule has 36 heavy (non-hydrogen) atoms. The van der Waals surface area contributed by atoms with Crippen molar-refractivity contribution in [3.63, 3.8) is 0 Å². The summed E-state index contributed by atoms with van der Waals surface area (Å²) in [5.74, 6) is -0.776. The Hall–Kier alpha value is -3.58. The number of aliphatic hydroxyl groups is 1. The number of carbonyl (C=O) groups is 1. The minimum Gasteiger partial charge on any atom is -0.465 e. The van der Waals surface area contributed by atoms with Gasteiger partial charge in [-0.2, -0.15) is 8.42 Å². The number of rotatable bonds is 8. The number of hydrogen-bond acceptors (Lipinski definition) is 8. The summed E-state index contributed by atoms with van der Waals surface area (Å²) in [6.45, 7) is -0.635. The van der Waals surface area contributed by atoms with E-state index in [1.165, 1.54) is 36.4 Å². The molecule has 0 amide bonds. The number of fused-ring (bicyclic) bond motifs is 1. The Labute approximate surface area is 211 Å². The van der Waals surface area contributed by atoms with Crippen LogP contribution in [0.25, 0.3) is 11.0 Å². The molecular formula is C23H19ClN2O8S2. The van der Waals surface area contributed by atoms with Crippen molar-refractivity contribution in [3.05, 3.63) is 82.9 Å². The summed E-state index contributed by atoms with van der Waals surface area (Å²) in [4.78, 5) is 11.5. The van der Waals surface area contributed by atoms with Crippen LogP contribution in [0.15, 0.2) is 81.1 Å². The van der Waals surface area contributed by atoms with Gasteiger partial charge in [0.15, 0.2) is 0 Å². The fourth-order valence-corrected chi connectivity index (χ4v) is 5.90. The third-order valence-corrected chi connectivity index (χ3v) is 7.99. The van der Waals surface area contributed by atoms with E-state index in [1.807, 2.05) is 0 Å². The molecular weight excluding hydrogens is 532 g/mol. The van der Waals surface area contributed by atoms with Crippen molar-refractivity contribution in [2.45, 2.75) is 16.6 Å². The monoisotopic (exact) mass is 550 g/mol. The molecule has 188 valence electrons. The predicted molar refractivity (Wildman–Crippen MR) is 133 cm³/mol. The first-order valence-corrected chi connectivity index (χ1v) is 13.5. The van der Waals surface area contributed by atoms with Gasteiger partial charge in [0.1, 0.15) is 5.58 Å². The highest BCUT2D eigenvalue weighted by molar-refractivity contribution is 7.93. The van der Waals surface area contributed by atoms with E-state index in [0.717, 1.165) is 13.2 Å². The van der Waals surface area contributed by atoms with Crippen molar-refractivity contribution in [1.29, 1.82) is 0 Å². The minimum absolute atomic E-state index is 0.00789. The molecule has 4 aromatic rings. The van der Waals surface area contributed by atoms with Gasteiger partial charge in [0.2, 0.25) is 5.09 Å². The van der Waals surface area contributed by atoms with Crippen LogP contribution in [0.4, 0.5) is 11.4 Å². The maximum absolute atomic E-state index is 13.2. The van der Waals surface area contributed by atoms with E-state index in [1.54, 1.807) is 24.3 Å². The molecule has 1 aromatic heterocycles. The molecule has 0 spiro atoms. The zero-order chi connectivity index (χ0) is 26.1. The fourth-order valence-electron chi connectivity index (χ4n) is 3.35. The van der Waals surface area contributed by atoms with E-state index in [9.17, 15) is 26.7 Å². The van der Waals surface area contributed by atoms with Crippen molar-refractivity contribution in [2.24, 2.45) is 0 Å². The maximum Gasteiger partial charge on any atom is 0.337 e. The van der Waals surface area contributed by atoms with Gasteiger partial charge in [-0.15, -0.1) is 0 Å². The number of aliphatic hydroxyl groups excluding tert-OH is 1. The molecule has 0 unspecified atom stereocenters. The summed E-state index contributed by atoms with van der Waals surface area (Å²) in [7, 11) is -7.55. The SMILES string of the molecule is COC(=O)c1ccc(CO)c(S(=O)(=O)Nc2ccc(Cl)cc2NS(=O)(=O)c2cc3ccccc3o2)c1. The van der Waals surface area contributed by atoms with Gasteiger partial charge in [0.05, 0.1) is 35.6 Å². The van der Waals surface area contributed by atoms with Crippen molar-refractivity contribution in [2.75, 3.05) is 16.6 Å². The van der Waals surface area contributed by atoms with Crippen LogP contribution in [0.5, 0.6) is 0 Å². The second kappa shape index (κ2) is 9.82. The summed E-state index contributed by atoms with van der Waals surface area (Å²) in [6, 6.07) is 15.5. The van der Waals surface area contributed by atoms with Crippen LogP contribution in [0, 0.1) is 0 Å². The molecule has 0 saturated heterocycles. The Morgan fingerprint density at radius 3 is 2.36 bits per heavy atom. The van der Waals surface area contributed by atoms with Crippen molar-refractivity contribution in [3.8, 4) is 0 Å². The minimum atomic E-state index is -4.42. The number of para-hydroxylation sites is 1. The van der Waals surface area contributed by atoms with E-state index >= 15 is 0 Å². The van der Waals surface area contributed by atoms with Crippen LogP contribution < -0.4 is 9.44 Å². The normalized spacial score (nSPS) is 11.9. The lowest BCUT2D eigenvalue weighted by Gasteiger charge is -2.16. The van der Waals surface area contributed by atoms with Gasteiger partial charge in [-0.25, -0.2) is 13.2 Å². The van der Waals surface area contributed by atoms with E-state index in [4.69, 9.17) is 16.0 Å². The van der Waals surface area contributed by atoms with Gasteiger partial charge in [-0.1, -0.05) is 35.9 Å². The maximum atomic E-state index is 13.2. The van der Waals surface area contributed by atoms with Gasteiger partial charge >= 0.3 is 5.97 Å².